The molecule has 1 aromatic heterocycles. The number of hydrogen-bond donors (Lipinski definition) is 0. The predicted octanol–water partition coefficient (Wildman–Crippen LogP) is 4.06. The summed E-state index contributed by atoms with van der Waals surface area (Å²) in [5.74, 6) is 0.0746. The third-order valence-corrected chi connectivity index (χ3v) is 3.34. The maximum absolute atomic E-state index is 11.6. The summed E-state index contributed by atoms with van der Waals surface area (Å²) in [6, 6.07) is 10.2. The van der Waals surface area contributed by atoms with Crippen molar-refractivity contribution in [2.75, 3.05) is 11.9 Å². The molecule has 0 amide bonds. The standard InChI is InChI=1S/C17H20N2O/c1-5-17(20)16-7-6-14(11-18-16)19(4)15-9-12(2)8-13(3)10-15/h6-11H,5H2,1-4H3. The monoisotopic (exact) mass is 268 g/mol. The zero-order valence-electron chi connectivity index (χ0n) is 12.5. The highest BCUT2D eigenvalue weighted by molar-refractivity contribution is 5.94. The summed E-state index contributed by atoms with van der Waals surface area (Å²) in [5, 5.41) is 0. The first kappa shape index (κ1) is 14.3. The Hall–Kier alpha value is -2.16. The van der Waals surface area contributed by atoms with Crippen molar-refractivity contribution in [3.63, 3.8) is 0 Å². The van der Waals surface area contributed by atoms with Gasteiger partial charge in [-0.25, -0.2) is 0 Å². The summed E-state index contributed by atoms with van der Waals surface area (Å²) in [7, 11) is 2.01. The van der Waals surface area contributed by atoms with Gasteiger partial charge >= 0.3 is 0 Å². The molecule has 0 atom stereocenters. The van der Waals surface area contributed by atoms with E-state index < -0.39 is 0 Å². The minimum Gasteiger partial charge on any atom is -0.343 e. The van der Waals surface area contributed by atoms with Crippen molar-refractivity contribution in [3.8, 4) is 0 Å². The van der Waals surface area contributed by atoms with Crippen molar-refractivity contribution in [2.24, 2.45) is 0 Å². The number of aromatic nitrogens is 1. The zero-order valence-corrected chi connectivity index (χ0v) is 12.5. The van der Waals surface area contributed by atoms with Crippen LogP contribution in [0.2, 0.25) is 0 Å². The fourth-order valence-corrected chi connectivity index (χ4v) is 2.22. The van der Waals surface area contributed by atoms with E-state index >= 15 is 0 Å². The largest absolute Gasteiger partial charge is 0.343 e. The Morgan fingerprint density at radius 3 is 2.25 bits per heavy atom. The van der Waals surface area contributed by atoms with E-state index in [9.17, 15) is 4.79 Å². The van der Waals surface area contributed by atoms with Crippen LogP contribution >= 0.6 is 0 Å². The molecular weight excluding hydrogens is 248 g/mol. The fraction of sp³-hybridized carbons (Fsp3) is 0.294. The smallest absolute Gasteiger partial charge is 0.180 e. The number of Topliss-reactive ketones (excluding diaryl/α,β-unsaturated/α-hetero) is 1. The van der Waals surface area contributed by atoms with Crippen molar-refractivity contribution >= 4 is 17.2 Å². The van der Waals surface area contributed by atoms with Crippen LogP contribution in [0.3, 0.4) is 0 Å². The molecule has 0 unspecified atom stereocenters. The quantitative estimate of drug-likeness (QED) is 0.784. The molecule has 0 aliphatic carbocycles. The van der Waals surface area contributed by atoms with Gasteiger partial charge in [-0.1, -0.05) is 13.0 Å². The summed E-state index contributed by atoms with van der Waals surface area (Å²) < 4.78 is 0. The van der Waals surface area contributed by atoms with E-state index in [1.54, 1.807) is 12.3 Å². The van der Waals surface area contributed by atoms with Gasteiger partial charge in [-0.3, -0.25) is 9.78 Å². The second-order valence-electron chi connectivity index (χ2n) is 5.08. The summed E-state index contributed by atoms with van der Waals surface area (Å²) in [4.78, 5) is 17.9. The molecule has 1 heterocycles. The first-order chi connectivity index (χ1) is 9.51. The molecule has 2 aromatic rings. The highest BCUT2D eigenvalue weighted by Gasteiger charge is 2.08. The Kier molecular flexibility index (Phi) is 4.18. The van der Waals surface area contributed by atoms with Crippen molar-refractivity contribution in [1.29, 1.82) is 0 Å². The third kappa shape index (κ3) is 3.05. The van der Waals surface area contributed by atoms with Gasteiger partial charge in [-0.15, -0.1) is 0 Å². The summed E-state index contributed by atoms with van der Waals surface area (Å²) >= 11 is 0. The highest BCUT2D eigenvalue weighted by atomic mass is 16.1. The number of hydrogen-bond acceptors (Lipinski definition) is 3. The number of carbonyl (C=O) groups excluding carboxylic acids is 1. The van der Waals surface area contributed by atoms with Gasteiger partial charge in [0.15, 0.2) is 5.78 Å². The summed E-state index contributed by atoms with van der Waals surface area (Å²) in [6.45, 7) is 6.02. The molecule has 0 aliphatic rings. The molecule has 3 heteroatoms. The normalized spacial score (nSPS) is 10.4. The van der Waals surface area contributed by atoms with Crippen molar-refractivity contribution in [3.05, 3.63) is 53.3 Å². The number of ketones is 1. The molecule has 104 valence electrons. The van der Waals surface area contributed by atoms with E-state index in [2.05, 4.69) is 41.9 Å². The van der Waals surface area contributed by atoms with Crippen molar-refractivity contribution in [1.82, 2.24) is 4.98 Å². The van der Waals surface area contributed by atoms with Gasteiger partial charge in [0.05, 0.1) is 11.9 Å². The number of nitrogens with zero attached hydrogens (tertiary/aromatic N) is 2. The molecule has 0 fully saturated rings. The summed E-state index contributed by atoms with van der Waals surface area (Å²) in [5.41, 5.74) is 5.10. The topological polar surface area (TPSA) is 33.2 Å². The average molecular weight is 268 g/mol. The first-order valence-corrected chi connectivity index (χ1v) is 6.82. The van der Waals surface area contributed by atoms with Crippen LogP contribution in [-0.2, 0) is 0 Å². The molecular formula is C17H20N2O. The minimum atomic E-state index is 0.0746. The molecule has 0 aliphatic heterocycles. The van der Waals surface area contributed by atoms with Gasteiger partial charge < -0.3 is 4.90 Å². The van der Waals surface area contributed by atoms with Gasteiger partial charge in [-0.05, 0) is 49.2 Å². The molecule has 0 bridgehead atoms. The predicted molar refractivity (Wildman–Crippen MR) is 82.8 cm³/mol. The maximum atomic E-state index is 11.6. The molecule has 20 heavy (non-hydrogen) atoms. The van der Waals surface area contributed by atoms with Crippen LogP contribution in [-0.4, -0.2) is 17.8 Å². The van der Waals surface area contributed by atoms with Crippen LogP contribution in [0.15, 0.2) is 36.5 Å². The van der Waals surface area contributed by atoms with E-state index in [1.807, 2.05) is 20.0 Å². The van der Waals surface area contributed by atoms with Gasteiger partial charge in [0.1, 0.15) is 5.69 Å². The average Bonchev–Trinajstić information content (AvgIpc) is 2.45. The molecule has 0 N–H and O–H groups in total. The summed E-state index contributed by atoms with van der Waals surface area (Å²) in [6.07, 6.45) is 2.24. The van der Waals surface area contributed by atoms with Crippen molar-refractivity contribution < 1.29 is 4.79 Å². The Morgan fingerprint density at radius 2 is 1.75 bits per heavy atom. The fourth-order valence-electron chi connectivity index (χ4n) is 2.22. The van der Waals surface area contributed by atoms with E-state index in [4.69, 9.17) is 0 Å². The Bertz CT molecular complexity index is 597. The molecule has 1 aromatic carbocycles. The number of benzene rings is 1. The van der Waals surface area contributed by atoms with Crippen LogP contribution in [0.25, 0.3) is 0 Å². The molecule has 0 spiro atoms. The SMILES string of the molecule is CCC(=O)c1ccc(N(C)c2cc(C)cc(C)c2)cn1. The van der Waals surface area contributed by atoms with Crippen LogP contribution in [0.1, 0.15) is 35.0 Å². The van der Waals surface area contributed by atoms with Crippen LogP contribution in [0.5, 0.6) is 0 Å². The van der Waals surface area contributed by atoms with E-state index in [0.717, 1.165) is 11.4 Å². The number of rotatable bonds is 4. The molecule has 3 nitrogen and oxygen atoms in total. The lowest BCUT2D eigenvalue weighted by Gasteiger charge is -2.20. The van der Waals surface area contributed by atoms with Gasteiger partial charge in [-0.2, -0.15) is 0 Å². The molecule has 2 rings (SSSR count). The second-order valence-corrected chi connectivity index (χ2v) is 5.08. The number of anilines is 2. The van der Waals surface area contributed by atoms with Gasteiger partial charge in [0, 0.05) is 19.2 Å². The lowest BCUT2D eigenvalue weighted by atomic mass is 10.1. The minimum absolute atomic E-state index is 0.0746. The Morgan fingerprint density at radius 1 is 1.10 bits per heavy atom. The molecule has 0 saturated heterocycles. The Labute approximate surface area is 120 Å². The van der Waals surface area contributed by atoms with E-state index in [1.165, 1.54) is 11.1 Å². The van der Waals surface area contributed by atoms with Gasteiger partial charge in [0.2, 0.25) is 0 Å². The van der Waals surface area contributed by atoms with E-state index in [-0.39, 0.29) is 5.78 Å². The van der Waals surface area contributed by atoms with E-state index in [0.29, 0.717) is 12.1 Å². The number of aryl methyl sites for hydroxylation is 2. The van der Waals surface area contributed by atoms with Gasteiger partial charge in [0.25, 0.3) is 0 Å². The van der Waals surface area contributed by atoms with Crippen LogP contribution < -0.4 is 4.90 Å². The van der Waals surface area contributed by atoms with Crippen LogP contribution in [0, 0.1) is 13.8 Å². The zero-order chi connectivity index (χ0) is 14.7. The molecule has 0 saturated carbocycles. The molecule has 0 radical (unpaired) electrons. The lowest BCUT2D eigenvalue weighted by molar-refractivity contribution is 0.0983. The highest BCUT2D eigenvalue weighted by Crippen LogP contribution is 2.25. The third-order valence-electron chi connectivity index (χ3n) is 3.34. The second kappa shape index (κ2) is 5.87. The lowest BCUT2D eigenvalue weighted by Crippen LogP contribution is -2.11. The number of carbonyl (C=O) groups is 1. The van der Waals surface area contributed by atoms with Crippen LogP contribution in [0.4, 0.5) is 11.4 Å². The Balaban J connectivity index is 2.28. The first-order valence-electron chi connectivity index (χ1n) is 6.82. The maximum Gasteiger partial charge on any atom is 0.180 e. The van der Waals surface area contributed by atoms with Crippen molar-refractivity contribution in [2.45, 2.75) is 27.2 Å². The number of pyridine rings is 1.